The zero-order valence-electron chi connectivity index (χ0n) is 122. The van der Waals surface area contributed by atoms with Crippen LogP contribution in [0.15, 0.2) is 60.4 Å². The minimum atomic E-state index is -3.49. The van der Waals surface area contributed by atoms with Gasteiger partial charge in [-0.1, -0.05) is 76.0 Å². The Bertz CT molecular complexity index is 6570. The van der Waals surface area contributed by atoms with Crippen LogP contribution in [0.1, 0.15) is 300 Å². The highest BCUT2D eigenvalue weighted by molar-refractivity contribution is 5.54. The fourth-order valence-electron chi connectivity index (χ4n) is 14.8. The van der Waals surface area contributed by atoms with Crippen LogP contribution in [-0.4, -0.2) is 217 Å². The number of fused-ring (bicyclic) bond motifs is 15. The Morgan fingerprint density at radius 3 is 0.871 bits per heavy atom. The second-order valence-electron chi connectivity index (χ2n) is 30.8. The predicted octanol–water partition coefficient (Wildman–Crippen LogP) is 15.5. The quantitative estimate of drug-likeness (QED) is 0.0520. The molecule has 646 valence electrons. The van der Waals surface area contributed by atoms with Gasteiger partial charge in [0.1, 0.15) is 0 Å². The molecule has 0 aromatic heterocycles. The van der Waals surface area contributed by atoms with Crippen LogP contribution in [0.5, 0.6) is 57.5 Å². The van der Waals surface area contributed by atoms with Gasteiger partial charge in [0.2, 0.25) is 0 Å². The van der Waals surface area contributed by atoms with Crippen LogP contribution in [0.25, 0.3) is 0 Å². The molecule has 15 unspecified atom stereocenters. The molecule has 10 aliphatic rings. The molecule has 15 atom stereocenters. The summed E-state index contributed by atoms with van der Waals surface area (Å²) in [6.07, 6.45) is -28.5. The summed E-state index contributed by atoms with van der Waals surface area (Å²) in [5.41, 5.74) is -4.41. The molecule has 20 heteroatoms. The molecular weight excluding hydrogens is 1460 g/mol. The molecule has 116 heavy (non-hydrogen) atoms. The topological polar surface area (TPSA) is 210 Å². The summed E-state index contributed by atoms with van der Waals surface area (Å²) in [6.45, 7) is -7.16. The maximum Gasteiger partial charge on any atom is 0.161 e. The molecule has 0 bridgehead atoms. The average molecular weight is 1670 g/mol. The van der Waals surface area contributed by atoms with E-state index < -0.39 is 284 Å². The molecule has 5 saturated heterocycles. The van der Waals surface area contributed by atoms with Crippen LogP contribution in [0, 0.1) is 58.6 Å². The summed E-state index contributed by atoms with van der Waals surface area (Å²) >= 11 is 0. The molecule has 5 aromatic rings. The number of aliphatic hydroxyl groups excluding tert-OH is 2. The van der Waals surface area contributed by atoms with E-state index in [0.717, 1.165) is 28.9 Å². The molecule has 0 aliphatic carbocycles. The normalized spacial score (nSPS) is 45.4. The van der Waals surface area contributed by atoms with Gasteiger partial charge in [0.05, 0.1) is 138 Å². The van der Waals surface area contributed by atoms with Gasteiger partial charge in [0.15, 0.2) is 57.5 Å². The third-order valence-corrected chi connectivity index (χ3v) is 20.1. The largest absolute Gasteiger partial charge is 0.493 e. The number of aliphatic hydroxyl groups is 5. The molecule has 0 amide bonds. The molecule has 10 heterocycles. The fourth-order valence-corrected chi connectivity index (χ4v) is 14.8. The molecule has 0 spiro atoms. The first kappa shape index (κ1) is 43.0. The number of piperidine rings is 5. The third-order valence-electron chi connectivity index (χ3n) is 20.1. The van der Waals surface area contributed by atoms with E-state index in [1.165, 1.54) is 40.4 Å². The van der Waals surface area contributed by atoms with Gasteiger partial charge in [0, 0.05) is 132 Å². The molecule has 15 rings (SSSR count). The smallest absolute Gasteiger partial charge is 0.161 e. The van der Waals surface area contributed by atoms with Gasteiger partial charge in [0.25, 0.3) is 0 Å². The highest BCUT2D eigenvalue weighted by atomic mass is 16.5. The number of ether oxygens (including phenoxy) is 10. The summed E-state index contributed by atoms with van der Waals surface area (Å²) in [5, 5.41) is 55.7. The van der Waals surface area contributed by atoms with Gasteiger partial charge in [-0.25, -0.2) is 0 Å². The summed E-state index contributed by atoms with van der Waals surface area (Å²) in [4.78, 5) is 4.48. The van der Waals surface area contributed by atoms with Crippen molar-refractivity contribution in [2.75, 3.05) is 136 Å². The first-order valence-corrected chi connectivity index (χ1v) is 38.6. The van der Waals surface area contributed by atoms with Crippen molar-refractivity contribution in [1.29, 1.82) is 0 Å². The summed E-state index contributed by atoms with van der Waals surface area (Å²) in [7, 11) is -0.575. The molecule has 0 saturated carbocycles. The summed E-state index contributed by atoms with van der Waals surface area (Å²) < 4.78 is 507. The van der Waals surface area contributed by atoms with Crippen molar-refractivity contribution in [3.63, 3.8) is 0 Å². The van der Waals surface area contributed by atoms with Gasteiger partial charge in [-0.2, -0.15) is 0 Å². The number of rotatable bonds is 19. The van der Waals surface area contributed by atoms with Crippen LogP contribution >= 0.6 is 0 Å². The van der Waals surface area contributed by atoms with Crippen LogP contribution in [0.4, 0.5) is 0 Å². The van der Waals surface area contributed by atoms with E-state index in [0.29, 0.717) is 23.8 Å². The van der Waals surface area contributed by atoms with Crippen molar-refractivity contribution >= 4 is 0 Å². The zero-order chi connectivity index (χ0) is 131. The molecule has 0 radical (unpaired) electrons. The average Bonchev–Trinajstić information content (AvgIpc) is 0.657. The van der Waals surface area contributed by atoms with Gasteiger partial charge in [-0.3, -0.25) is 24.5 Å². The lowest BCUT2D eigenvalue weighted by atomic mass is 9.75. The molecule has 5 aromatic carbocycles. The molecule has 20 nitrogen and oxygen atoms in total. The lowest BCUT2D eigenvalue weighted by Crippen LogP contribution is -2.48. The van der Waals surface area contributed by atoms with E-state index in [9.17, 15) is 32.4 Å². The molecule has 5 fully saturated rings. The minimum Gasteiger partial charge on any atom is -0.493 e. The van der Waals surface area contributed by atoms with Crippen LogP contribution in [-0.2, 0) is 32.1 Å². The molecular formula is C96H147N5O15. The van der Waals surface area contributed by atoms with E-state index in [1.807, 2.05) is 13.8 Å². The Kier molecular flexibility index (Phi) is 15.0. The Morgan fingerprint density at radius 2 is 0.612 bits per heavy atom. The Labute approximate surface area is 771 Å². The van der Waals surface area contributed by atoms with E-state index in [1.54, 1.807) is 41.5 Å². The number of hydrogen-bond donors (Lipinski definition) is 5. The van der Waals surface area contributed by atoms with Crippen LogP contribution in [0.3, 0.4) is 0 Å². The first-order chi connectivity index (χ1) is 76.5. The molecule has 5 N–H and O–H groups in total. The van der Waals surface area contributed by atoms with E-state index in [2.05, 4.69) is 0 Å². The van der Waals surface area contributed by atoms with E-state index in [-0.39, 0.29) is 193 Å². The van der Waals surface area contributed by atoms with E-state index in [4.69, 9.17) is 115 Å². The Balaban J connectivity index is 0.000000199. The van der Waals surface area contributed by atoms with Crippen molar-refractivity contribution in [2.24, 2.45) is 58.6 Å². The van der Waals surface area contributed by atoms with Crippen molar-refractivity contribution in [3.05, 3.63) is 116 Å². The number of hydrogen-bond acceptors (Lipinski definition) is 20. The Hall–Kier alpha value is -6.30. The number of benzene rings is 5. The summed E-state index contributed by atoms with van der Waals surface area (Å²) in [5.74, 6) is -15.5. The number of methoxy groups -OCH3 is 10. The van der Waals surface area contributed by atoms with Crippen LogP contribution < -0.4 is 47.4 Å². The molecule has 10 aliphatic heterocycles. The van der Waals surface area contributed by atoms with Gasteiger partial charge < -0.3 is 72.9 Å². The lowest BCUT2D eigenvalue weighted by Gasteiger charge is -2.47. The first-order valence-electron chi connectivity index (χ1n) is 65.6. The second-order valence-corrected chi connectivity index (χ2v) is 30.8. The van der Waals surface area contributed by atoms with Gasteiger partial charge in [-0.15, -0.1) is 0 Å². The van der Waals surface area contributed by atoms with Crippen molar-refractivity contribution in [3.8, 4) is 57.5 Å². The third kappa shape index (κ3) is 21.3. The summed E-state index contributed by atoms with van der Waals surface area (Å²) in [6, 6.07) is -17.2. The Morgan fingerprint density at radius 1 is 0.371 bits per heavy atom. The van der Waals surface area contributed by atoms with Crippen molar-refractivity contribution < 1.29 is 147 Å². The zero-order valence-corrected chi connectivity index (χ0v) is 68.5. The maximum atomic E-state index is 11.2. The fraction of sp³-hybridized carbons (Fsp3) is 0.688. The SMILES string of the molecule is [2H]c1c2c(c([2H])c(OC([2H])([2H])[2H])c1OC)C1([2H])CC(O)C(C([2H])([2H])C(C)(C([2H])([2H])[2H])C([2H])([2H])[2H])C([2H])([2H])N1CC2.[2H]c1c2c(c([2H])c(OC([2H])([2H])[2H])c1OC)C1([2H])CC(O)C(CC(C)C)C([2H])([2H])N1CC2.[2H]c1c2c(c([2H])c(OC([2H])([2H])[2H])c1OC)C1([2H])N(CC2)C([2H])([2H])C([2H])(CC(C)C)C([2H])(O)C1([2H])[2H].[2H]c1c2c(c([2H])c(OC)c1OC)C1([2H])N(CC2)C([2H])([2H])C([2H])(CC(C)C)C([2H])(O)C1([2H])[2H].[2H]c1c2c(c([2H])c(OC)c1OC)C1([2H])N(CC2)C([2H])([2H])C([2H])(CC(C)C)C([2H])(O)C1([2H])[2H]. The highest BCUT2D eigenvalue weighted by Crippen LogP contribution is 2.51. The van der Waals surface area contributed by atoms with Gasteiger partial charge >= 0.3 is 0 Å². The monoisotopic (exact) mass is 1660 g/mol. The van der Waals surface area contributed by atoms with Crippen molar-refractivity contribution in [2.45, 2.75) is 233 Å². The van der Waals surface area contributed by atoms with Gasteiger partial charge in [-0.05, 0) is 271 Å². The second kappa shape index (κ2) is 40.4. The minimum absolute atomic E-state index is 0.00489. The number of nitrogens with zero attached hydrogens (tertiary/aromatic N) is 5. The standard InChI is InChI=1S/C20H31NO3.4C19H29NO3/c1-20(2,3)11-14-12-21-7-6-13-8-18(23-4)19(24-5)9-15(13)16(21)10-17(14)22;4*1-12(2)7-14-11-20-6-5-13-8-18(22-3)19(23-4)9-15(13)16(20)10-17(14)21/h8-9,14,16-17,22H,6-7,10-12H2,1-5H3;4*8-9,12,14,16-17,21H,5-7,10-11H2,1-4H3/i1D3,2D3,5D3,8D,9D,11D2,12D2,16D;4D3,8D,9D,10D2,11D2,14D,16D,17D;2*8D,9D,10D2,11D2,14D,16D,17D;4D3,8D,9D,11D2,16D. The maximum absolute atomic E-state index is 11.2. The lowest BCUT2D eigenvalue weighted by molar-refractivity contribution is -0.0259. The van der Waals surface area contributed by atoms with Crippen LogP contribution in [0.2, 0.25) is 0 Å². The van der Waals surface area contributed by atoms with Crippen molar-refractivity contribution in [1.82, 2.24) is 24.5 Å². The highest BCUT2D eigenvalue weighted by Gasteiger charge is 2.45. The van der Waals surface area contributed by atoms with E-state index >= 15 is 0 Å². The predicted molar refractivity (Wildman–Crippen MR) is 460 cm³/mol.